The van der Waals surface area contributed by atoms with E-state index in [0.717, 1.165) is 24.7 Å². The second-order valence-corrected chi connectivity index (χ2v) is 8.22. The summed E-state index contributed by atoms with van der Waals surface area (Å²) in [5.41, 5.74) is 3.85. The van der Waals surface area contributed by atoms with Gasteiger partial charge in [0.2, 0.25) is 0 Å². The third-order valence-electron chi connectivity index (χ3n) is 6.13. The average Bonchev–Trinajstić information content (AvgIpc) is 3.47. The fraction of sp³-hybridized carbons (Fsp3) is 0.522. The molecule has 0 amide bonds. The van der Waals surface area contributed by atoms with Crippen LogP contribution in [0.3, 0.4) is 0 Å². The number of nitrogens with zero attached hydrogens (tertiary/aromatic N) is 3. The molecule has 1 N–H and O–H groups in total. The smallest absolute Gasteiger partial charge is 0.0397 e. The first-order valence-corrected chi connectivity index (χ1v) is 10.4. The lowest BCUT2D eigenvalue weighted by Crippen LogP contribution is -2.45. The summed E-state index contributed by atoms with van der Waals surface area (Å²) < 4.78 is 0. The zero-order valence-electron chi connectivity index (χ0n) is 16.6. The highest BCUT2D eigenvalue weighted by atomic mass is 15.2. The molecule has 0 spiro atoms. The zero-order chi connectivity index (χ0) is 18.6. The molecular formula is C23H32N4. The SMILES string of the molecule is Cc1cc(N(C)CCN2CCC(N[C@@H]3C[C@H]3c3ccccc3)CC2)ccn1. The van der Waals surface area contributed by atoms with Crippen molar-refractivity contribution >= 4 is 5.69 Å². The van der Waals surface area contributed by atoms with Crippen LogP contribution in [0.1, 0.15) is 36.4 Å². The molecule has 1 saturated carbocycles. The minimum atomic E-state index is 0.695. The maximum absolute atomic E-state index is 4.29. The lowest BCUT2D eigenvalue weighted by Gasteiger charge is -2.34. The summed E-state index contributed by atoms with van der Waals surface area (Å²) in [7, 11) is 2.18. The Hall–Kier alpha value is -1.91. The van der Waals surface area contributed by atoms with Gasteiger partial charge in [0, 0.05) is 55.7 Å². The Labute approximate surface area is 163 Å². The van der Waals surface area contributed by atoms with Gasteiger partial charge in [0.05, 0.1) is 0 Å². The molecule has 144 valence electrons. The van der Waals surface area contributed by atoms with E-state index in [2.05, 4.69) is 76.5 Å². The quantitative estimate of drug-likeness (QED) is 0.816. The van der Waals surface area contributed by atoms with Crippen molar-refractivity contribution in [1.29, 1.82) is 0 Å². The molecule has 1 aliphatic heterocycles. The average molecular weight is 365 g/mol. The second kappa shape index (κ2) is 8.41. The van der Waals surface area contributed by atoms with E-state index in [-0.39, 0.29) is 0 Å². The molecule has 4 nitrogen and oxygen atoms in total. The monoisotopic (exact) mass is 364 g/mol. The fourth-order valence-electron chi connectivity index (χ4n) is 4.26. The van der Waals surface area contributed by atoms with Gasteiger partial charge in [-0.25, -0.2) is 0 Å². The third-order valence-corrected chi connectivity index (χ3v) is 6.13. The molecule has 1 aromatic heterocycles. The molecule has 2 aromatic rings. The van der Waals surface area contributed by atoms with Crippen molar-refractivity contribution in [3.8, 4) is 0 Å². The van der Waals surface area contributed by atoms with E-state index in [1.54, 1.807) is 0 Å². The first kappa shape index (κ1) is 18.5. The van der Waals surface area contributed by atoms with E-state index in [9.17, 15) is 0 Å². The number of aromatic nitrogens is 1. The number of pyridine rings is 1. The van der Waals surface area contributed by atoms with Gasteiger partial charge in [-0.1, -0.05) is 30.3 Å². The van der Waals surface area contributed by atoms with Crippen molar-refractivity contribution in [3.05, 3.63) is 59.9 Å². The number of likely N-dealkylation sites (tertiary alicyclic amines) is 1. The van der Waals surface area contributed by atoms with Gasteiger partial charge in [-0.05, 0) is 57.0 Å². The molecule has 1 aromatic carbocycles. The zero-order valence-corrected chi connectivity index (χ0v) is 16.6. The summed E-state index contributed by atoms with van der Waals surface area (Å²) in [6.07, 6.45) is 5.76. The summed E-state index contributed by atoms with van der Waals surface area (Å²) >= 11 is 0. The fourth-order valence-corrected chi connectivity index (χ4v) is 4.26. The molecule has 2 heterocycles. The van der Waals surface area contributed by atoms with Gasteiger partial charge in [-0.15, -0.1) is 0 Å². The van der Waals surface area contributed by atoms with Crippen LogP contribution in [0.2, 0.25) is 0 Å². The molecule has 2 atom stereocenters. The minimum absolute atomic E-state index is 0.695. The topological polar surface area (TPSA) is 31.4 Å². The summed E-state index contributed by atoms with van der Waals surface area (Å²) in [5.74, 6) is 0.738. The molecule has 2 fully saturated rings. The number of rotatable bonds is 7. The second-order valence-electron chi connectivity index (χ2n) is 8.22. The van der Waals surface area contributed by atoms with Gasteiger partial charge in [-0.2, -0.15) is 0 Å². The number of benzene rings is 1. The highest BCUT2D eigenvalue weighted by Crippen LogP contribution is 2.41. The largest absolute Gasteiger partial charge is 0.373 e. The minimum Gasteiger partial charge on any atom is -0.373 e. The molecule has 1 aliphatic carbocycles. The lowest BCUT2D eigenvalue weighted by atomic mass is 10.0. The van der Waals surface area contributed by atoms with Crippen LogP contribution in [-0.2, 0) is 0 Å². The number of hydrogen-bond donors (Lipinski definition) is 1. The summed E-state index contributed by atoms with van der Waals surface area (Å²) in [6.45, 7) is 6.69. The Bertz CT molecular complexity index is 724. The van der Waals surface area contributed by atoms with Crippen LogP contribution in [0.25, 0.3) is 0 Å². The van der Waals surface area contributed by atoms with Crippen LogP contribution in [0.4, 0.5) is 5.69 Å². The molecule has 4 heteroatoms. The normalized spacial score (nSPS) is 23.3. The highest BCUT2D eigenvalue weighted by Gasteiger charge is 2.39. The van der Waals surface area contributed by atoms with Crippen molar-refractivity contribution in [3.63, 3.8) is 0 Å². The predicted octanol–water partition coefficient (Wildman–Crippen LogP) is 3.44. The van der Waals surface area contributed by atoms with Crippen LogP contribution in [0, 0.1) is 6.92 Å². The van der Waals surface area contributed by atoms with Gasteiger partial charge in [-0.3, -0.25) is 4.98 Å². The van der Waals surface area contributed by atoms with Gasteiger partial charge in [0.1, 0.15) is 0 Å². The van der Waals surface area contributed by atoms with Crippen LogP contribution in [-0.4, -0.2) is 55.2 Å². The van der Waals surface area contributed by atoms with E-state index in [1.165, 1.54) is 43.6 Å². The van der Waals surface area contributed by atoms with E-state index in [0.29, 0.717) is 12.1 Å². The molecule has 27 heavy (non-hydrogen) atoms. The van der Waals surface area contributed by atoms with Crippen LogP contribution < -0.4 is 10.2 Å². The van der Waals surface area contributed by atoms with Gasteiger partial charge >= 0.3 is 0 Å². The Morgan fingerprint density at radius 2 is 1.93 bits per heavy atom. The van der Waals surface area contributed by atoms with E-state index < -0.39 is 0 Å². The van der Waals surface area contributed by atoms with Crippen molar-refractivity contribution in [1.82, 2.24) is 15.2 Å². The van der Waals surface area contributed by atoms with Crippen molar-refractivity contribution in [2.75, 3.05) is 38.1 Å². The molecule has 1 saturated heterocycles. The number of hydrogen-bond acceptors (Lipinski definition) is 4. The van der Waals surface area contributed by atoms with E-state index >= 15 is 0 Å². The lowest BCUT2D eigenvalue weighted by molar-refractivity contribution is 0.201. The number of nitrogens with one attached hydrogen (secondary N) is 1. The maximum Gasteiger partial charge on any atom is 0.0397 e. The number of aryl methyl sites for hydroxylation is 1. The number of piperidine rings is 1. The Morgan fingerprint density at radius 1 is 1.15 bits per heavy atom. The Kier molecular flexibility index (Phi) is 5.74. The van der Waals surface area contributed by atoms with Gasteiger partial charge in [0.15, 0.2) is 0 Å². The Morgan fingerprint density at radius 3 is 2.67 bits per heavy atom. The first-order valence-electron chi connectivity index (χ1n) is 10.4. The number of anilines is 1. The maximum atomic E-state index is 4.29. The first-order chi connectivity index (χ1) is 13.2. The molecule has 0 unspecified atom stereocenters. The number of likely N-dealkylation sites (N-methyl/N-ethyl adjacent to an activating group) is 1. The van der Waals surface area contributed by atoms with Crippen molar-refractivity contribution in [2.24, 2.45) is 0 Å². The van der Waals surface area contributed by atoms with Crippen LogP contribution in [0.15, 0.2) is 48.7 Å². The van der Waals surface area contributed by atoms with E-state index in [4.69, 9.17) is 0 Å². The van der Waals surface area contributed by atoms with Crippen molar-refractivity contribution in [2.45, 2.75) is 44.2 Å². The summed E-state index contributed by atoms with van der Waals surface area (Å²) in [4.78, 5) is 9.25. The molecule has 2 aliphatic rings. The molecule has 0 bridgehead atoms. The molecule has 0 radical (unpaired) electrons. The van der Waals surface area contributed by atoms with E-state index in [1.807, 2.05) is 6.20 Å². The summed E-state index contributed by atoms with van der Waals surface area (Å²) in [5, 5.41) is 3.91. The predicted molar refractivity (Wildman–Crippen MR) is 112 cm³/mol. The van der Waals surface area contributed by atoms with Crippen LogP contribution >= 0.6 is 0 Å². The van der Waals surface area contributed by atoms with Crippen molar-refractivity contribution < 1.29 is 0 Å². The van der Waals surface area contributed by atoms with Gasteiger partial charge < -0.3 is 15.1 Å². The summed E-state index contributed by atoms with van der Waals surface area (Å²) in [6, 6.07) is 16.6. The Balaban J connectivity index is 1.17. The highest BCUT2D eigenvalue weighted by molar-refractivity contribution is 5.45. The molecule has 4 rings (SSSR count). The molecular weight excluding hydrogens is 332 g/mol. The standard InChI is InChI=1S/C23H32N4/c1-18-16-21(8-11-24-18)26(2)14-15-27-12-9-20(10-13-27)25-23-17-22(23)19-6-4-3-5-7-19/h3-8,11,16,20,22-23,25H,9-10,12-15,17H2,1-2H3/t22-,23+/m0/s1. The third kappa shape index (κ3) is 4.88. The van der Waals surface area contributed by atoms with Crippen LogP contribution in [0.5, 0.6) is 0 Å². The van der Waals surface area contributed by atoms with Gasteiger partial charge in [0.25, 0.3) is 0 Å².